The van der Waals surface area contributed by atoms with Crippen LogP contribution in [-0.4, -0.2) is 12.6 Å². The zero-order chi connectivity index (χ0) is 18.7. The molecule has 3 rings (SSSR count). The molecular weight excluding hydrogens is 332 g/mol. The van der Waals surface area contributed by atoms with Crippen LogP contribution in [0.3, 0.4) is 0 Å². The number of hydrogen-bond acceptors (Lipinski definition) is 5. The first kappa shape index (κ1) is 17.7. The minimum atomic E-state index is -0.530. The minimum Gasteiger partial charge on any atom is -0.482 e. The van der Waals surface area contributed by atoms with Crippen molar-refractivity contribution in [1.82, 2.24) is 0 Å². The van der Waals surface area contributed by atoms with Crippen molar-refractivity contribution >= 4 is 16.9 Å². The van der Waals surface area contributed by atoms with Crippen LogP contribution in [0.5, 0.6) is 11.5 Å². The third-order valence-corrected chi connectivity index (χ3v) is 4.04. The number of esters is 1. The normalized spacial score (nSPS) is 10.9. The van der Waals surface area contributed by atoms with E-state index in [2.05, 4.69) is 13.8 Å². The fourth-order valence-corrected chi connectivity index (χ4v) is 2.76. The minimum absolute atomic E-state index is 0.209. The van der Waals surface area contributed by atoms with Crippen molar-refractivity contribution < 1.29 is 18.7 Å². The molecule has 0 radical (unpaired) electrons. The summed E-state index contributed by atoms with van der Waals surface area (Å²) in [5.74, 6) is 0.725. The van der Waals surface area contributed by atoms with E-state index in [-0.39, 0.29) is 12.5 Å². The molecule has 0 fully saturated rings. The van der Waals surface area contributed by atoms with Crippen LogP contribution >= 0.6 is 0 Å². The number of carbonyl (C=O) groups is 1. The van der Waals surface area contributed by atoms with Crippen LogP contribution in [0.4, 0.5) is 0 Å². The second-order valence-electron chi connectivity index (χ2n) is 6.36. The molecule has 0 aliphatic rings. The van der Waals surface area contributed by atoms with Gasteiger partial charge in [0.15, 0.2) is 6.61 Å². The van der Waals surface area contributed by atoms with Gasteiger partial charge in [0, 0.05) is 17.5 Å². The molecule has 0 aliphatic heterocycles. The molecule has 3 aromatic rings. The summed E-state index contributed by atoms with van der Waals surface area (Å²) in [5.41, 5.74) is 1.78. The SMILES string of the molecule is Cc1cc(=O)oc2cc(OC(=O)COc3ccccc3C(C)C)ccc12. The summed E-state index contributed by atoms with van der Waals surface area (Å²) in [6, 6.07) is 14.0. The molecule has 2 aromatic carbocycles. The van der Waals surface area contributed by atoms with Crippen molar-refractivity contribution in [2.75, 3.05) is 6.61 Å². The number of aryl methyl sites for hydroxylation is 1. The first-order valence-electron chi connectivity index (χ1n) is 8.41. The van der Waals surface area contributed by atoms with E-state index in [1.165, 1.54) is 12.1 Å². The monoisotopic (exact) mass is 352 g/mol. The summed E-state index contributed by atoms with van der Waals surface area (Å²) in [6.07, 6.45) is 0. The van der Waals surface area contributed by atoms with Crippen molar-refractivity contribution in [3.05, 3.63) is 70.1 Å². The molecule has 0 N–H and O–H groups in total. The van der Waals surface area contributed by atoms with Crippen LogP contribution < -0.4 is 15.1 Å². The number of ether oxygens (including phenoxy) is 2. The molecule has 0 atom stereocenters. The van der Waals surface area contributed by atoms with Gasteiger partial charge in [0.25, 0.3) is 0 Å². The van der Waals surface area contributed by atoms with Crippen LogP contribution in [0.2, 0.25) is 0 Å². The lowest BCUT2D eigenvalue weighted by Gasteiger charge is -2.13. The lowest BCUT2D eigenvalue weighted by molar-refractivity contribution is -0.136. The lowest BCUT2D eigenvalue weighted by Crippen LogP contribution is -2.18. The van der Waals surface area contributed by atoms with Gasteiger partial charge in [0.1, 0.15) is 17.1 Å². The van der Waals surface area contributed by atoms with Gasteiger partial charge in [-0.25, -0.2) is 9.59 Å². The Bertz CT molecular complexity index is 1000. The van der Waals surface area contributed by atoms with E-state index in [1.807, 2.05) is 31.2 Å². The van der Waals surface area contributed by atoms with Gasteiger partial charge in [-0.3, -0.25) is 0 Å². The van der Waals surface area contributed by atoms with Crippen molar-refractivity contribution in [2.45, 2.75) is 26.7 Å². The number of carbonyl (C=O) groups excluding carboxylic acids is 1. The fraction of sp³-hybridized carbons (Fsp3) is 0.238. The Hall–Kier alpha value is -3.08. The molecule has 0 unspecified atom stereocenters. The van der Waals surface area contributed by atoms with Gasteiger partial charge < -0.3 is 13.9 Å². The molecule has 5 nitrogen and oxygen atoms in total. The highest BCUT2D eigenvalue weighted by Crippen LogP contribution is 2.26. The Labute approximate surface area is 151 Å². The molecule has 0 saturated carbocycles. The van der Waals surface area contributed by atoms with Gasteiger partial charge >= 0.3 is 11.6 Å². The molecule has 0 aliphatic carbocycles. The van der Waals surface area contributed by atoms with E-state index < -0.39 is 11.6 Å². The largest absolute Gasteiger partial charge is 0.482 e. The quantitative estimate of drug-likeness (QED) is 0.391. The number of para-hydroxylation sites is 1. The zero-order valence-electron chi connectivity index (χ0n) is 14.9. The summed E-state index contributed by atoms with van der Waals surface area (Å²) < 4.78 is 16.1. The second kappa shape index (κ2) is 7.44. The molecule has 1 heterocycles. The van der Waals surface area contributed by atoms with Crippen LogP contribution in [0.1, 0.15) is 30.9 Å². The molecule has 1 aromatic heterocycles. The van der Waals surface area contributed by atoms with Crippen molar-refractivity contribution in [3.63, 3.8) is 0 Å². The summed E-state index contributed by atoms with van der Waals surface area (Å²) >= 11 is 0. The summed E-state index contributed by atoms with van der Waals surface area (Å²) in [7, 11) is 0. The predicted octanol–water partition coefficient (Wildman–Crippen LogP) is 4.21. The second-order valence-corrected chi connectivity index (χ2v) is 6.36. The maximum absolute atomic E-state index is 12.1. The van der Waals surface area contributed by atoms with E-state index in [4.69, 9.17) is 13.9 Å². The Morgan fingerprint density at radius 3 is 2.65 bits per heavy atom. The van der Waals surface area contributed by atoms with Crippen molar-refractivity contribution in [2.24, 2.45) is 0 Å². The van der Waals surface area contributed by atoms with Gasteiger partial charge in [0.05, 0.1) is 0 Å². The van der Waals surface area contributed by atoms with Crippen LogP contribution in [0, 0.1) is 6.92 Å². The Morgan fingerprint density at radius 2 is 1.88 bits per heavy atom. The van der Waals surface area contributed by atoms with Crippen LogP contribution in [-0.2, 0) is 4.79 Å². The standard InChI is InChI=1S/C21H20O5/c1-13(2)16-6-4-5-7-18(16)24-12-21(23)25-15-8-9-17-14(3)10-20(22)26-19(17)11-15/h4-11,13H,12H2,1-3H3. The smallest absolute Gasteiger partial charge is 0.349 e. The number of rotatable bonds is 5. The van der Waals surface area contributed by atoms with Gasteiger partial charge in [-0.05, 0) is 42.2 Å². The first-order valence-corrected chi connectivity index (χ1v) is 8.41. The molecular formula is C21H20O5. The third kappa shape index (κ3) is 3.94. The van der Waals surface area contributed by atoms with E-state index >= 15 is 0 Å². The Balaban J connectivity index is 1.71. The van der Waals surface area contributed by atoms with Gasteiger partial charge in [-0.2, -0.15) is 0 Å². The van der Waals surface area contributed by atoms with Crippen molar-refractivity contribution in [1.29, 1.82) is 0 Å². The van der Waals surface area contributed by atoms with E-state index in [1.54, 1.807) is 12.1 Å². The number of hydrogen-bond donors (Lipinski definition) is 0. The van der Waals surface area contributed by atoms with Crippen molar-refractivity contribution in [3.8, 4) is 11.5 Å². The maximum atomic E-state index is 12.1. The van der Waals surface area contributed by atoms with E-state index in [9.17, 15) is 9.59 Å². The fourth-order valence-electron chi connectivity index (χ4n) is 2.76. The highest BCUT2D eigenvalue weighted by atomic mass is 16.6. The topological polar surface area (TPSA) is 65.7 Å². The maximum Gasteiger partial charge on any atom is 0.349 e. The highest BCUT2D eigenvalue weighted by Gasteiger charge is 2.12. The molecule has 5 heteroatoms. The summed E-state index contributed by atoms with van der Waals surface area (Å²) in [5, 5.41) is 0.798. The van der Waals surface area contributed by atoms with Crippen LogP contribution in [0.15, 0.2) is 57.7 Å². The average Bonchev–Trinajstić information content (AvgIpc) is 2.59. The first-order chi connectivity index (χ1) is 12.4. The third-order valence-electron chi connectivity index (χ3n) is 4.04. The summed E-state index contributed by atoms with van der Waals surface area (Å²) in [4.78, 5) is 23.6. The molecule has 0 amide bonds. The van der Waals surface area contributed by atoms with E-state index in [0.717, 1.165) is 16.5 Å². The highest BCUT2D eigenvalue weighted by molar-refractivity contribution is 5.82. The Morgan fingerprint density at radius 1 is 1.12 bits per heavy atom. The summed E-state index contributed by atoms with van der Waals surface area (Å²) in [6.45, 7) is 5.74. The zero-order valence-corrected chi connectivity index (χ0v) is 14.9. The average molecular weight is 352 g/mol. The predicted molar refractivity (Wildman–Crippen MR) is 98.9 cm³/mol. The number of fused-ring (bicyclic) bond motifs is 1. The molecule has 134 valence electrons. The van der Waals surface area contributed by atoms with Gasteiger partial charge in [-0.1, -0.05) is 32.0 Å². The molecule has 0 spiro atoms. The van der Waals surface area contributed by atoms with Gasteiger partial charge in [-0.15, -0.1) is 0 Å². The lowest BCUT2D eigenvalue weighted by atomic mass is 10.0. The molecule has 0 saturated heterocycles. The number of benzene rings is 2. The molecule has 0 bridgehead atoms. The van der Waals surface area contributed by atoms with E-state index in [0.29, 0.717) is 17.1 Å². The van der Waals surface area contributed by atoms with Gasteiger partial charge in [0.2, 0.25) is 0 Å². The Kier molecular flexibility index (Phi) is 5.07. The van der Waals surface area contributed by atoms with Crippen LogP contribution in [0.25, 0.3) is 11.0 Å². The molecule has 26 heavy (non-hydrogen) atoms.